The zero-order valence-corrected chi connectivity index (χ0v) is 7.60. The summed E-state index contributed by atoms with van der Waals surface area (Å²) < 4.78 is 5.15. The van der Waals surface area contributed by atoms with Crippen LogP contribution in [-0.2, 0) is 9.53 Å². The Morgan fingerprint density at radius 3 is 3.08 bits per heavy atom. The van der Waals surface area contributed by atoms with Crippen molar-refractivity contribution in [1.82, 2.24) is 4.90 Å². The van der Waals surface area contributed by atoms with Crippen LogP contribution in [-0.4, -0.2) is 35.5 Å². The molecule has 2 rings (SSSR count). The Hall–Kier alpha value is -1.06. The summed E-state index contributed by atoms with van der Waals surface area (Å²) in [7, 11) is 0. The second kappa shape index (κ2) is 3.01. The molecule has 0 N–H and O–H groups in total. The third-order valence-electron chi connectivity index (χ3n) is 2.99. The Kier molecular flexibility index (Phi) is 1.98. The number of fused-ring (bicyclic) bond motifs is 2. The first-order chi connectivity index (χ1) is 6.24. The van der Waals surface area contributed by atoms with Gasteiger partial charge in [-0.1, -0.05) is 0 Å². The van der Waals surface area contributed by atoms with E-state index in [1.807, 2.05) is 6.92 Å². The Balaban J connectivity index is 2.16. The van der Waals surface area contributed by atoms with Crippen LogP contribution < -0.4 is 0 Å². The van der Waals surface area contributed by atoms with Crippen molar-refractivity contribution in [2.75, 3.05) is 0 Å². The zero-order chi connectivity index (χ0) is 9.42. The van der Waals surface area contributed by atoms with Crippen molar-refractivity contribution in [2.24, 2.45) is 0 Å². The van der Waals surface area contributed by atoms with Gasteiger partial charge < -0.3 is 9.53 Å². The Labute approximate surface area is 76.8 Å². The zero-order valence-electron chi connectivity index (χ0n) is 7.60. The van der Waals surface area contributed by atoms with Crippen LogP contribution in [0.25, 0.3) is 0 Å². The Bertz CT molecular complexity index is 241. The smallest absolute Gasteiger partial charge is 0.410 e. The molecule has 0 aromatic carbocycles. The standard InChI is InChI=1S/C9H13NO3/c1-6-8-3-2-7(4-5-11)10(6)9(12)13-8/h5-8H,2-4H2,1H3/t6-,7-,8-/m0/s1. The van der Waals surface area contributed by atoms with Crippen LogP contribution in [0.5, 0.6) is 0 Å². The van der Waals surface area contributed by atoms with E-state index >= 15 is 0 Å². The molecule has 0 saturated carbocycles. The second-order valence-corrected chi connectivity index (χ2v) is 3.70. The lowest BCUT2D eigenvalue weighted by Crippen LogP contribution is -2.46. The minimum absolute atomic E-state index is 0.0513. The molecule has 2 aliphatic rings. The van der Waals surface area contributed by atoms with Crippen LogP contribution in [0.15, 0.2) is 0 Å². The van der Waals surface area contributed by atoms with Crippen LogP contribution in [0.4, 0.5) is 4.79 Å². The van der Waals surface area contributed by atoms with Gasteiger partial charge in [0.15, 0.2) is 0 Å². The number of carbonyl (C=O) groups is 2. The topological polar surface area (TPSA) is 46.6 Å². The predicted octanol–water partition coefficient (Wildman–Crippen LogP) is 0.947. The normalized spacial score (nSPS) is 37.5. The lowest BCUT2D eigenvalue weighted by atomic mass is 9.94. The van der Waals surface area contributed by atoms with Gasteiger partial charge in [0.2, 0.25) is 0 Å². The summed E-state index contributed by atoms with van der Waals surface area (Å²) in [5, 5.41) is 0. The maximum atomic E-state index is 11.3. The van der Waals surface area contributed by atoms with Gasteiger partial charge >= 0.3 is 6.09 Å². The first-order valence-electron chi connectivity index (χ1n) is 4.66. The summed E-state index contributed by atoms with van der Waals surface area (Å²) in [6.45, 7) is 1.98. The van der Waals surface area contributed by atoms with Crippen LogP contribution in [0.1, 0.15) is 26.2 Å². The molecular weight excluding hydrogens is 170 g/mol. The molecule has 2 fully saturated rings. The molecule has 4 heteroatoms. The van der Waals surface area contributed by atoms with Gasteiger partial charge in [-0.3, -0.25) is 4.90 Å². The molecule has 0 radical (unpaired) electrons. The third-order valence-corrected chi connectivity index (χ3v) is 2.99. The van der Waals surface area contributed by atoms with Crippen molar-refractivity contribution in [3.8, 4) is 0 Å². The number of carbonyl (C=O) groups excluding carboxylic acids is 2. The fraction of sp³-hybridized carbons (Fsp3) is 0.778. The molecule has 72 valence electrons. The summed E-state index contributed by atoms with van der Waals surface area (Å²) in [5.74, 6) is 0. The summed E-state index contributed by atoms with van der Waals surface area (Å²) in [4.78, 5) is 23.4. The van der Waals surface area contributed by atoms with Crippen molar-refractivity contribution in [1.29, 1.82) is 0 Å². The summed E-state index contributed by atoms with van der Waals surface area (Å²) in [6, 6.07) is 0.213. The van der Waals surface area contributed by atoms with E-state index < -0.39 is 0 Å². The number of rotatable bonds is 2. The largest absolute Gasteiger partial charge is 0.444 e. The average Bonchev–Trinajstić information content (AvgIpc) is 2.29. The van der Waals surface area contributed by atoms with Crippen LogP contribution in [0.2, 0.25) is 0 Å². The van der Waals surface area contributed by atoms with Gasteiger partial charge in [0.25, 0.3) is 0 Å². The van der Waals surface area contributed by atoms with Gasteiger partial charge in [0.1, 0.15) is 12.4 Å². The number of hydrogen-bond donors (Lipinski definition) is 0. The molecule has 0 aromatic rings. The molecule has 3 atom stereocenters. The first kappa shape index (κ1) is 8.53. The maximum absolute atomic E-state index is 11.3. The van der Waals surface area contributed by atoms with Crippen LogP contribution >= 0.6 is 0 Å². The minimum Gasteiger partial charge on any atom is -0.444 e. The molecule has 2 aliphatic heterocycles. The van der Waals surface area contributed by atoms with Gasteiger partial charge in [-0.05, 0) is 19.8 Å². The van der Waals surface area contributed by atoms with Crippen LogP contribution in [0.3, 0.4) is 0 Å². The van der Waals surface area contributed by atoms with Crippen LogP contribution in [0, 0.1) is 0 Å². The second-order valence-electron chi connectivity index (χ2n) is 3.70. The molecule has 2 heterocycles. The van der Waals surface area contributed by atoms with Crippen molar-refractivity contribution in [2.45, 2.75) is 44.4 Å². The first-order valence-corrected chi connectivity index (χ1v) is 4.66. The molecule has 0 aliphatic carbocycles. The number of aldehydes is 1. The minimum atomic E-state index is -0.248. The fourth-order valence-corrected chi connectivity index (χ4v) is 2.25. The van der Waals surface area contributed by atoms with Gasteiger partial charge in [0, 0.05) is 12.5 Å². The number of hydrogen-bond acceptors (Lipinski definition) is 3. The third kappa shape index (κ3) is 1.20. The maximum Gasteiger partial charge on any atom is 0.410 e. The quantitative estimate of drug-likeness (QED) is 0.599. The fourth-order valence-electron chi connectivity index (χ4n) is 2.25. The van der Waals surface area contributed by atoms with E-state index in [0.29, 0.717) is 6.42 Å². The van der Waals surface area contributed by atoms with Gasteiger partial charge in [-0.15, -0.1) is 0 Å². The molecule has 13 heavy (non-hydrogen) atoms. The lowest BCUT2D eigenvalue weighted by Gasteiger charge is -2.33. The van der Waals surface area contributed by atoms with E-state index in [1.54, 1.807) is 4.90 Å². The highest BCUT2D eigenvalue weighted by Gasteiger charge is 2.46. The predicted molar refractivity (Wildman–Crippen MR) is 45.3 cm³/mol. The monoisotopic (exact) mass is 183 g/mol. The molecular formula is C9H13NO3. The van der Waals surface area contributed by atoms with Gasteiger partial charge in [0.05, 0.1) is 6.04 Å². The lowest BCUT2D eigenvalue weighted by molar-refractivity contribution is -0.109. The van der Waals surface area contributed by atoms with E-state index in [0.717, 1.165) is 19.1 Å². The van der Waals surface area contributed by atoms with Crippen molar-refractivity contribution >= 4 is 12.4 Å². The van der Waals surface area contributed by atoms with E-state index in [4.69, 9.17) is 4.74 Å². The van der Waals surface area contributed by atoms with Gasteiger partial charge in [-0.25, -0.2) is 4.79 Å². The average molecular weight is 183 g/mol. The number of amides is 1. The molecule has 2 saturated heterocycles. The van der Waals surface area contributed by atoms with E-state index in [1.165, 1.54) is 0 Å². The molecule has 1 amide bonds. The van der Waals surface area contributed by atoms with Crippen molar-refractivity contribution in [3.05, 3.63) is 0 Å². The van der Waals surface area contributed by atoms with E-state index in [9.17, 15) is 9.59 Å². The van der Waals surface area contributed by atoms with E-state index in [2.05, 4.69) is 0 Å². The molecule has 0 spiro atoms. The van der Waals surface area contributed by atoms with Gasteiger partial charge in [-0.2, -0.15) is 0 Å². The summed E-state index contributed by atoms with van der Waals surface area (Å²) in [6.07, 6.45) is 2.90. The highest BCUT2D eigenvalue weighted by molar-refractivity contribution is 5.72. The van der Waals surface area contributed by atoms with Crippen molar-refractivity contribution < 1.29 is 14.3 Å². The molecule has 4 nitrogen and oxygen atoms in total. The molecule has 0 aromatic heterocycles. The highest BCUT2D eigenvalue weighted by Crippen LogP contribution is 2.33. The molecule has 0 unspecified atom stereocenters. The summed E-state index contributed by atoms with van der Waals surface area (Å²) >= 11 is 0. The Morgan fingerprint density at radius 2 is 2.38 bits per heavy atom. The highest BCUT2D eigenvalue weighted by atomic mass is 16.6. The number of nitrogens with zero attached hydrogens (tertiary/aromatic N) is 1. The molecule has 2 bridgehead atoms. The number of ether oxygens (including phenoxy) is 1. The SMILES string of the molecule is C[C@H]1[C@@H]2CC[C@@H](CC=O)N1C(=O)O2. The van der Waals surface area contributed by atoms with Crippen molar-refractivity contribution in [3.63, 3.8) is 0 Å². The van der Waals surface area contributed by atoms with E-state index in [-0.39, 0.29) is 24.3 Å². The summed E-state index contributed by atoms with van der Waals surface area (Å²) in [5.41, 5.74) is 0. The number of piperidine rings is 1. The Morgan fingerprint density at radius 1 is 1.62 bits per heavy atom.